The molecule has 0 aliphatic carbocycles. The van der Waals surface area contributed by atoms with E-state index >= 15 is 0 Å². The van der Waals surface area contributed by atoms with Crippen LogP contribution in [0.3, 0.4) is 0 Å². The zero-order valence-electron chi connectivity index (χ0n) is 20.4. The second-order valence-electron chi connectivity index (χ2n) is 6.92. The molecule has 0 aliphatic rings. The maximum atomic E-state index is 10.9. The highest BCUT2D eigenvalue weighted by atomic mass is 127. The second-order valence-corrected chi connectivity index (χ2v) is 9.92. The molecule has 0 radical (unpaired) electrons. The van der Waals surface area contributed by atoms with Crippen molar-refractivity contribution in [2.24, 2.45) is 0 Å². The molecule has 38 heavy (non-hydrogen) atoms. The summed E-state index contributed by atoms with van der Waals surface area (Å²) in [4.78, 5) is 20.5. The van der Waals surface area contributed by atoms with E-state index in [1.165, 1.54) is 12.1 Å². The number of halogens is 3. The monoisotopic (exact) mass is 756 g/mol. The lowest BCUT2D eigenvalue weighted by atomic mass is 9.81. The lowest BCUT2D eigenvalue weighted by Crippen LogP contribution is -2.29. The standard InChI is InChI=1S/C12H8BrNO2.C6H7BO2.C6H3BrINO2.C2H6/c13-10-6-7-11(12(8-10)14(15)16)9-4-2-1-3-5-9;8-7(9)6-4-2-1-3-5-6;7-4-1-2-5(8)6(3-4)9(10)11;1-2/h1-8H;1-5,8-9H;1-3H;1-2H3. The van der Waals surface area contributed by atoms with E-state index in [2.05, 4.69) is 31.9 Å². The third kappa shape index (κ3) is 11.4. The SMILES string of the molecule is CC.O=[N+]([O-])c1cc(Br)ccc1-c1ccccc1.O=[N+]([O-])c1cc(Br)ccc1I.OB(O)c1ccccc1. The van der Waals surface area contributed by atoms with Gasteiger partial charge in [-0.3, -0.25) is 20.2 Å². The van der Waals surface area contributed by atoms with Crippen LogP contribution in [0.2, 0.25) is 0 Å². The number of nitro groups is 2. The van der Waals surface area contributed by atoms with Crippen molar-refractivity contribution in [3.05, 3.63) is 130 Å². The molecule has 0 bridgehead atoms. The van der Waals surface area contributed by atoms with Gasteiger partial charge in [-0.05, 0) is 57.9 Å². The summed E-state index contributed by atoms with van der Waals surface area (Å²) in [6, 6.07) is 28.0. The molecule has 0 spiro atoms. The van der Waals surface area contributed by atoms with E-state index in [4.69, 9.17) is 10.0 Å². The van der Waals surface area contributed by atoms with Gasteiger partial charge < -0.3 is 10.0 Å². The molecule has 4 aromatic rings. The van der Waals surface area contributed by atoms with Crippen LogP contribution in [-0.2, 0) is 0 Å². The Kier molecular flexibility index (Phi) is 15.6. The van der Waals surface area contributed by atoms with Crippen molar-refractivity contribution in [2.45, 2.75) is 13.8 Å². The fraction of sp³-hybridized carbons (Fsp3) is 0.0769. The zero-order valence-corrected chi connectivity index (χ0v) is 25.7. The second kappa shape index (κ2) is 17.8. The molecular weight excluding hydrogens is 734 g/mol. The van der Waals surface area contributed by atoms with E-state index in [-0.39, 0.29) is 16.3 Å². The highest BCUT2D eigenvalue weighted by molar-refractivity contribution is 14.1. The van der Waals surface area contributed by atoms with E-state index < -0.39 is 12.0 Å². The Labute approximate surface area is 251 Å². The van der Waals surface area contributed by atoms with E-state index in [1.807, 2.05) is 72.8 Å². The molecule has 0 saturated carbocycles. The average molecular weight is 758 g/mol. The lowest BCUT2D eigenvalue weighted by Gasteiger charge is -2.03. The number of benzene rings is 4. The van der Waals surface area contributed by atoms with Gasteiger partial charge in [0.1, 0.15) is 0 Å². The molecule has 12 heteroatoms. The number of hydrogen-bond acceptors (Lipinski definition) is 6. The molecule has 0 aromatic heterocycles. The quantitative estimate of drug-likeness (QED) is 0.0969. The zero-order chi connectivity index (χ0) is 28.7. The summed E-state index contributed by atoms with van der Waals surface area (Å²) in [6.45, 7) is 4.00. The van der Waals surface area contributed by atoms with Crippen LogP contribution in [0.5, 0.6) is 0 Å². The van der Waals surface area contributed by atoms with Crippen LogP contribution >= 0.6 is 54.5 Å². The van der Waals surface area contributed by atoms with Crippen LogP contribution in [0.15, 0.2) is 106 Å². The molecule has 2 N–H and O–H groups in total. The van der Waals surface area contributed by atoms with Gasteiger partial charge in [0.05, 0.1) is 19.0 Å². The summed E-state index contributed by atoms with van der Waals surface area (Å²) in [6.07, 6.45) is 0. The Morgan fingerprint density at radius 3 is 1.58 bits per heavy atom. The van der Waals surface area contributed by atoms with Gasteiger partial charge in [0.25, 0.3) is 11.4 Å². The number of nitrogens with zero attached hydrogens (tertiary/aromatic N) is 2. The van der Waals surface area contributed by atoms with Crippen LogP contribution in [-0.4, -0.2) is 27.0 Å². The van der Waals surface area contributed by atoms with Crippen LogP contribution < -0.4 is 5.46 Å². The molecule has 0 fully saturated rings. The minimum atomic E-state index is -1.34. The fourth-order valence-corrected chi connectivity index (χ4v) is 4.00. The summed E-state index contributed by atoms with van der Waals surface area (Å²) in [5.41, 5.74) is 2.26. The first-order chi connectivity index (χ1) is 18.1. The Balaban J connectivity index is 0.000000288. The minimum absolute atomic E-state index is 0.112. The summed E-state index contributed by atoms with van der Waals surface area (Å²) in [5.74, 6) is 0. The molecule has 0 unspecified atom stereocenters. The molecule has 4 rings (SSSR count). The van der Waals surface area contributed by atoms with Gasteiger partial charge in [-0.2, -0.15) is 0 Å². The van der Waals surface area contributed by atoms with Crippen molar-refractivity contribution in [3.8, 4) is 11.1 Å². The van der Waals surface area contributed by atoms with Gasteiger partial charge in [0.15, 0.2) is 0 Å². The molecule has 0 heterocycles. The largest absolute Gasteiger partial charge is 0.488 e. The first-order valence-electron chi connectivity index (χ1n) is 11.1. The van der Waals surface area contributed by atoms with Crippen molar-refractivity contribution in [2.75, 3.05) is 0 Å². The molecule has 8 nitrogen and oxygen atoms in total. The van der Waals surface area contributed by atoms with Crippen LogP contribution in [0.25, 0.3) is 11.1 Å². The number of nitro benzene ring substituents is 2. The molecular formula is C26H24BBr2IN2O6. The van der Waals surface area contributed by atoms with Gasteiger partial charge in [-0.25, -0.2) is 0 Å². The minimum Gasteiger partial charge on any atom is -0.423 e. The first-order valence-corrected chi connectivity index (χ1v) is 13.8. The molecule has 0 amide bonds. The van der Waals surface area contributed by atoms with E-state index in [9.17, 15) is 20.2 Å². The summed E-state index contributed by atoms with van der Waals surface area (Å²) in [5, 5.41) is 38.4. The van der Waals surface area contributed by atoms with Crippen LogP contribution in [0.1, 0.15) is 13.8 Å². The predicted octanol–water partition coefficient (Wildman–Crippen LogP) is 7.38. The van der Waals surface area contributed by atoms with Gasteiger partial charge in [-0.1, -0.05) is 106 Å². The smallest absolute Gasteiger partial charge is 0.423 e. The van der Waals surface area contributed by atoms with Gasteiger partial charge in [0.2, 0.25) is 0 Å². The lowest BCUT2D eigenvalue weighted by molar-refractivity contribution is -0.385. The molecule has 0 atom stereocenters. The average Bonchev–Trinajstić information content (AvgIpc) is 2.92. The summed E-state index contributed by atoms with van der Waals surface area (Å²) in [7, 11) is -1.34. The van der Waals surface area contributed by atoms with E-state index in [0.717, 1.165) is 10.0 Å². The van der Waals surface area contributed by atoms with E-state index in [0.29, 0.717) is 19.1 Å². The highest BCUT2D eigenvalue weighted by Crippen LogP contribution is 2.32. The fourth-order valence-electron chi connectivity index (χ4n) is 2.77. The van der Waals surface area contributed by atoms with Crippen LogP contribution in [0, 0.1) is 23.8 Å². The molecule has 0 saturated heterocycles. The van der Waals surface area contributed by atoms with Gasteiger partial charge in [0, 0.05) is 21.1 Å². The van der Waals surface area contributed by atoms with Crippen LogP contribution in [0.4, 0.5) is 11.4 Å². The Hall–Kier alpha value is -2.65. The number of rotatable bonds is 4. The summed E-state index contributed by atoms with van der Waals surface area (Å²) >= 11 is 8.32. The normalized spacial score (nSPS) is 9.34. The Morgan fingerprint density at radius 1 is 0.711 bits per heavy atom. The van der Waals surface area contributed by atoms with Crippen molar-refractivity contribution < 1.29 is 19.9 Å². The van der Waals surface area contributed by atoms with Crippen molar-refractivity contribution in [3.63, 3.8) is 0 Å². The Morgan fingerprint density at radius 2 is 1.16 bits per heavy atom. The first kappa shape index (κ1) is 33.4. The van der Waals surface area contributed by atoms with Gasteiger partial charge in [-0.15, -0.1) is 0 Å². The number of hydrogen-bond donors (Lipinski definition) is 2. The maximum Gasteiger partial charge on any atom is 0.488 e. The van der Waals surface area contributed by atoms with Gasteiger partial charge >= 0.3 is 7.12 Å². The third-order valence-corrected chi connectivity index (χ3v) is 6.34. The van der Waals surface area contributed by atoms with E-state index in [1.54, 1.807) is 48.5 Å². The molecule has 0 aliphatic heterocycles. The topological polar surface area (TPSA) is 127 Å². The Bertz CT molecular complexity index is 1320. The molecule has 4 aromatic carbocycles. The third-order valence-electron chi connectivity index (χ3n) is 4.44. The van der Waals surface area contributed by atoms with Crippen molar-refractivity contribution in [1.82, 2.24) is 0 Å². The predicted molar refractivity (Wildman–Crippen MR) is 167 cm³/mol. The van der Waals surface area contributed by atoms with Crippen molar-refractivity contribution >= 4 is 78.4 Å². The molecule has 198 valence electrons. The summed E-state index contributed by atoms with van der Waals surface area (Å²) < 4.78 is 2.08. The maximum absolute atomic E-state index is 10.9. The highest BCUT2D eigenvalue weighted by Gasteiger charge is 2.15. The van der Waals surface area contributed by atoms with Crippen molar-refractivity contribution in [1.29, 1.82) is 0 Å².